The fourth-order valence-corrected chi connectivity index (χ4v) is 1.91. The number of ketones is 1. The molecule has 70 valence electrons. The van der Waals surface area contributed by atoms with Crippen LogP contribution in [0.5, 0.6) is 0 Å². The molecule has 0 saturated carbocycles. The van der Waals surface area contributed by atoms with E-state index in [1.165, 1.54) is 0 Å². The average Bonchev–Trinajstić information content (AvgIpc) is 2.16. The zero-order chi connectivity index (χ0) is 9.84. The second kappa shape index (κ2) is 4.68. The van der Waals surface area contributed by atoms with E-state index in [1.807, 2.05) is 25.3 Å². The van der Waals surface area contributed by atoms with E-state index in [2.05, 4.69) is 0 Å². The van der Waals surface area contributed by atoms with E-state index in [4.69, 9.17) is 11.6 Å². The van der Waals surface area contributed by atoms with Crippen LogP contribution in [0.1, 0.15) is 23.7 Å². The molecule has 0 bridgehead atoms. The SMILES string of the molecule is CCC(=O)c1ccc(SC)c(Cl)c1. The molecule has 13 heavy (non-hydrogen) atoms. The van der Waals surface area contributed by atoms with Crippen LogP contribution in [0.15, 0.2) is 23.1 Å². The van der Waals surface area contributed by atoms with Crippen LogP contribution >= 0.6 is 23.4 Å². The molecule has 0 amide bonds. The number of rotatable bonds is 3. The van der Waals surface area contributed by atoms with E-state index in [0.717, 1.165) is 4.90 Å². The summed E-state index contributed by atoms with van der Waals surface area (Å²) in [4.78, 5) is 12.3. The smallest absolute Gasteiger partial charge is 0.162 e. The molecular weight excluding hydrogens is 204 g/mol. The van der Waals surface area contributed by atoms with Crippen LogP contribution < -0.4 is 0 Å². The van der Waals surface area contributed by atoms with Crippen LogP contribution in [0, 0.1) is 0 Å². The van der Waals surface area contributed by atoms with E-state index in [9.17, 15) is 4.79 Å². The lowest BCUT2D eigenvalue weighted by Crippen LogP contribution is -1.95. The molecule has 0 heterocycles. The van der Waals surface area contributed by atoms with E-state index in [0.29, 0.717) is 17.0 Å². The molecule has 0 aliphatic heterocycles. The molecule has 0 aliphatic carbocycles. The molecule has 0 fully saturated rings. The molecule has 0 N–H and O–H groups in total. The summed E-state index contributed by atoms with van der Waals surface area (Å²) in [6.07, 6.45) is 2.48. The third kappa shape index (κ3) is 2.48. The van der Waals surface area contributed by atoms with Crippen molar-refractivity contribution in [3.8, 4) is 0 Å². The molecule has 0 unspecified atom stereocenters. The summed E-state index contributed by atoms with van der Waals surface area (Å²) in [5, 5.41) is 0.659. The van der Waals surface area contributed by atoms with Gasteiger partial charge in [0.15, 0.2) is 5.78 Å². The molecule has 0 aliphatic rings. The summed E-state index contributed by atoms with van der Waals surface area (Å²) in [5.41, 5.74) is 0.699. The molecule has 1 nitrogen and oxygen atoms in total. The number of hydrogen-bond acceptors (Lipinski definition) is 2. The number of carbonyl (C=O) groups excluding carboxylic acids is 1. The fourth-order valence-electron chi connectivity index (χ4n) is 1.04. The van der Waals surface area contributed by atoms with Gasteiger partial charge in [-0.25, -0.2) is 0 Å². The van der Waals surface area contributed by atoms with E-state index < -0.39 is 0 Å². The van der Waals surface area contributed by atoms with Gasteiger partial charge in [-0.05, 0) is 18.4 Å². The zero-order valence-electron chi connectivity index (χ0n) is 7.63. The van der Waals surface area contributed by atoms with Gasteiger partial charge in [0.25, 0.3) is 0 Å². The van der Waals surface area contributed by atoms with Crippen LogP contribution in [-0.2, 0) is 0 Å². The third-order valence-corrected chi connectivity index (χ3v) is 3.02. The Balaban J connectivity index is 3.02. The van der Waals surface area contributed by atoms with Gasteiger partial charge < -0.3 is 0 Å². The quantitative estimate of drug-likeness (QED) is 0.564. The Labute approximate surface area is 87.5 Å². The van der Waals surface area contributed by atoms with E-state index in [1.54, 1.807) is 17.8 Å². The number of halogens is 1. The standard InChI is InChI=1S/C10H11ClOS/c1-3-9(12)7-4-5-10(13-2)8(11)6-7/h4-6H,3H2,1-2H3. The largest absolute Gasteiger partial charge is 0.294 e. The Morgan fingerprint density at radius 2 is 2.23 bits per heavy atom. The van der Waals surface area contributed by atoms with Crippen molar-refractivity contribution in [2.24, 2.45) is 0 Å². The summed E-state index contributed by atoms with van der Waals surface area (Å²) < 4.78 is 0. The van der Waals surface area contributed by atoms with Gasteiger partial charge in [-0.15, -0.1) is 11.8 Å². The first-order chi connectivity index (χ1) is 6.19. The number of Topliss-reactive ketones (excluding diaryl/α,β-unsaturated/α-hetero) is 1. The van der Waals surface area contributed by atoms with Crippen LogP contribution in [0.2, 0.25) is 5.02 Å². The fraction of sp³-hybridized carbons (Fsp3) is 0.300. The molecule has 0 spiro atoms. The van der Waals surface area contributed by atoms with Crippen LogP contribution in [0.25, 0.3) is 0 Å². The first kappa shape index (κ1) is 10.6. The van der Waals surface area contributed by atoms with Crippen molar-refractivity contribution in [3.05, 3.63) is 28.8 Å². The van der Waals surface area contributed by atoms with Gasteiger partial charge in [0.1, 0.15) is 0 Å². The zero-order valence-corrected chi connectivity index (χ0v) is 9.21. The lowest BCUT2D eigenvalue weighted by Gasteiger charge is -2.02. The summed E-state index contributed by atoms with van der Waals surface area (Å²) in [6, 6.07) is 5.44. The predicted molar refractivity (Wildman–Crippen MR) is 57.9 cm³/mol. The van der Waals surface area contributed by atoms with Crippen molar-refractivity contribution in [1.29, 1.82) is 0 Å². The molecule has 0 radical (unpaired) electrons. The molecule has 1 aromatic rings. The minimum atomic E-state index is 0.134. The molecule has 1 rings (SSSR count). The molecule has 0 atom stereocenters. The van der Waals surface area contributed by atoms with Crippen molar-refractivity contribution in [3.63, 3.8) is 0 Å². The molecule has 0 aromatic heterocycles. The molecule has 0 saturated heterocycles. The average molecular weight is 215 g/mol. The molecular formula is C10H11ClOS. The lowest BCUT2D eigenvalue weighted by atomic mass is 10.1. The maximum atomic E-state index is 11.3. The van der Waals surface area contributed by atoms with Crippen molar-refractivity contribution in [1.82, 2.24) is 0 Å². The van der Waals surface area contributed by atoms with Crippen LogP contribution in [0.4, 0.5) is 0 Å². The summed E-state index contributed by atoms with van der Waals surface area (Å²) in [6.45, 7) is 1.85. The van der Waals surface area contributed by atoms with Crippen molar-refractivity contribution in [2.75, 3.05) is 6.26 Å². The Hall–Kier alpha value is -0.470. The van der Waals surface area contributed by atoms with Crippen LogP contribution in [-0.4, -0.2) is 12.0 Å². The lowest BCUT2D eigenvalue weighted by molar-refractivity contribution is 0.0988. The normalized spacial score (nSPS) is 10.1. The first-order valence-electron chi connectivity index (χ1n) is 4.05. The monoisotopic (exact) mass is 214 g/mol. The third-order valence-electron chi connectivity index (χ3n) is 1.79. The highest BCUT2D eigenvalue weighted by Gasteiger charge is 2.05. The minimum absolute atomic E-state index is 0.134. The van der Waals surface area contributed by atoms with Crippen molar-refractivity contribution < 1.29 is 4.79 Å². The van der Waals surface area contributed by atoms with Crippen LogP contribution in [0.3, 0.4) is 0 Å². The second-order valence-electron chi connectivity index (χ2n) is 2.63. The number of hydrogen-bond donors (Lipinski definition) is 0. The highest BCUT2D eigenvalue weighted by atomic mass is 35.5. The van der Waals surface area contributed by atoms with Gasteiger partial charge in [0.05, 0.1) is 5.02 Å². The topological polar surface area (TPSA) is 17.1 Å². The summed E-state index contributed by atoms with van der Waals surface area (Å²) in [5.74, 6) is 0.134. The van der Waals surface area contributed by atoms with E-state index in [-0.39, 0.29) is 5.78 Å². The first-order valence-corrected chi connectivity index (χ1v) is 5.66. The Morgan fingerprint density at radius 3 is 2.69 bits per heavy atom. The number of thioether (sulfide) groups is 1. The maximum Gasteiger partial charge on any atom is 0.162 e. The Bertz CT molecular complexity index is 323. The van der Waals surface area contributed by atoms with Gasteiger partial charge >= 0.3 is 0 Å². The number of carbonyl (C=O) groups is 1. The number of benzene rings is 1. The van der Waals surface area contributed by atoms with E-state index >= 15 is 0 Å². The Morgan fingerprint density at radius 1 is 1.54 bits per heavy atom. The van der Waals surface area contributed by atoms with Gasteiger partial charge in [-0.2, -0.15) is 0 Å². The minimum Gasteiger partial charge on any atom is -0.294 e. The summed E-state index contributed by atoms with van der Waals surface area (Å²) >= 11 is 7.54. The highest BCUT2D eigenvalue weighted by molar-refractivity contribution is 7.98. The predicted octanol–water partition coefficient (Wildman–Crippen LogP) is 3.65. The Kier molecular flexibility index (Phi) is 3.82. The van der Waals surface area contributed by atoms with Gasteiger partial charge in [0.2, 0.25) is 0 Å². The van der Waals surface area contributed by atoms with Gasteiger partial charge in [-0.1, -0.05) is 24.6 Å². The highest BCUT2D eigenvalue weighted by Crippen LogP contribution is 2.26. The summed E-state index contributed by atoms with van der Waals surface area (Å²) in [7, 11) is 0. The molecule has 3 heteroatoms. The van der Waals surface area contributed by atoms with Crippen molar-refractivity contribution >= 4 is 29.1 Å². The van der Waals surface area contributed by atoms with Gasteiger partial charge in [-0.3, -0.25) is 4.79 Å². The molecule has 1 aromatic carbocycles. The maximum absolute atomic E-state index is 11.3. The van der Waals surface area contributed by atoms with Crippen molar-refractivity contribution in [2.45, 2.75) is 18.2 Å². The second-order valence-corrected chi connectivity index (χ2v) is 3.88. The van der Waals surface area contributed by atoms with Gasteiger partial charge in [0, 0.05) is 16.9 Å².